The fourth-order valence-corrected chi connectivity index (χ4v) is 3.77. The minimum absolute atomic E-state index is 0.00612. The van der Waals surface area contributed by atoms with Crippen LogP contribution in [0.2, 0.25) is 0 Å². The number of nitrogens with zero attached hydrogens (tertiary/aromatic N) is 2. The van der Waals surface area contributed by atoms with Crippen molar-refractivity contribution in [3.63, 3.8) is 0 Å². The maximum Gasteiger partial charge on any atom is 0.253 e. The molecule has 1 aliphatic rings. The SMILES string of the molecule is CN(C)C(=O)c1ccc(-c2cc(OCCN3CCOCC3)cc3ccccc23)cc1. The van der Waals surface area contributed by atoms with Crippen LogP contribution in [0.3, 0.4) is 0 Å². The van der Waals surface area contributed by atoms with Crippen LogP contribution in [0.1, 0.15) is 10.4 Å². The first kappa shape index (κ1) is 20.4. The third-order valence-corrected chi connectivity index (χ3v) is 5.46. The summed E-state index contributed by atoms with van der Waals surface area (Å²) in [7, 11) is 3.53. The lowest BCUT2D eigenvalue weighted by atomic mass is 9.97. The smallest absolute Gasteiger partial charge is 0.253 e. The third kappa shape index (κ3) is 4.64. The van der Waals surface area contributed by atoms with Crippen molar-refractivity contribution in [2.75, 3.05) is 53.6 Å². The zero-order valence-corrected chi connectivity index (χ0v) is 17.6. The highest BCUT2D eigenvalue weighted by atomic mass is 16.5. The molecule has 0 aliphatic carbocycles. The van der Waals surface area contributed by atoms with Crippen molar-refractivity contribution in [3.05, 3.63) is 66.2 Å². The highest BCUT2D eigenvalue weighted by Gasteiger charge is 2.12. The zero-order valence-electron chi connectivity index (χ0n) is 17.6. The minimum atomic E-state index is 0.00612. The number of ether oxygens (including phenoxy) is 2. The summed E-state index contributed by atoms with van der Waals surface area (Å²) >= 11 is 0. The Kier molecular flexibility index (Phi) is 6.31. The molecule has 3 aromatic carbocycles. The summed E-state index contributed by atoms with van der Waals surface area (Å²) in [6.45, 7) is 5.06. The molecular formula is C25H28N2O3. The minimum Gasteiger partial charge on any atom is -0.492 e. The van der Waals surface area contributed by atoms with Gasteiger partial charge in [0.25, 0.3) is 5.91 Å². The van der Waals surface area contributed by atoms with Crippen LogP contribution < -0.4 is 4.74 Å². The second kappa shape index (κ2) is 9.28. The average molecular weight is 405 g/mol. The normalized spacial score (nSPS) is 14.6. The van der Waals surface area contributed by atoms with Gasteiger partial charge in [0, 0.05) is 39.3 Å². The average Bonchev–Trinajstić information content (AvgIpc) is 2.79. The molecule has 0 unspecified atom stereocenters. The number of morpholine rings is 1. The Labute approximate surface area is 177 Å². The summed E-state index contributed by atoms with van der Waals surface area (Å²) < 4.78 is 11.5. The van der Waals surface area contributed by atoms with E-state index >= 15 is 0 Å². The topological polar surface area (TPSA) is 42.0 Å². The van der Waals surface area contributed by atoms with Gasteiger partial charge in [-0.1, -0.05) is 36.4 Å². The lowest BCUT2D eigenvalue weighted by molar-refractivity contribution is 0.0322. The number of fused-ring (bicyclic) bond motifs is 1. The van der Waals surface area contributed by atoms with Gasteiger partial charge in [0.1, 0.15) is 12.4 Å². The van der Waals surface area contributed by atoms with E-state index in [1.54, 1.807) is 19.0 Å². The molecule has 1 heterocycles. The number of hydrogen-bond acceptors (Lipinski definition) is 4. The van der Waals surface area contributed by atoms with Crippen LogP contribution >= 0.6 is 0 Å². The summed E-state index contributed by atoms with van der Waals surface area (Å²) in [5.41, 5.74) is 2.87. The number of carbonyl (C=O) groups excluding carboxylic acids is 1. The molecule has 5 heteroatoms. The van der Waals surface area contributed by atoms with Gasteiger partial charge in [0.2, 0.25) is 0 Å². The van der Waals surface area contributed by atoms with Gasteiger partial charge >= 0.3 is 0 Å². The Morgan fingerprint density at radius 2 is 1.77 bits per heavy atom. The van der Waals surface area contributed by atoms with Crippen LogP contribution in [0, 0.1) is 0 Å². The predicted octanol–water partition coefficient (Wildman–Crippen LogP) is 3.92. The van der Waals surface area contributed by atoms with Crippen molar-refractivity contribution >= 4 is 16.7 Å². The lowest BCUT2D eigenvalue weighted by Crippen LogP contribution is -2.38. The molecule has 0 aromatic heterocycles. The van der Waals surface area contributed by atoms with E-state index in [2.05, 4.69) is 35.2 Å². The van der Waals surface area contributed by atoms with Crippen molar-refractivity contribution in [3.8, 4) is 16.9 Å². The lowest BCUT2D eigenvalue weighted by Gasteiger charge is -2.26. The molecule has 0 atom stereocenters. The van der Waals surface area contributed by atoms with Crippen molar-refractivity contribution in [2.45, 2.75) is 0 Å². The Hall–Kier alpha value is -2.89. The monoisotopic (exact) mass is 404 g/mol. The molecule has 1 saturated heterocycles. The van der Waals surface area contributed by atoms with Gasteiger partial charge in [-0.15, -0.1) is 0 Å². The second-order valence-electron chi connectivity index (χ2n) is 7.77. The molecule has 0 saturated carbocycles. The maximum atomic E-state index is 12.2. The zero-order chi connectivity index (χ0) is 20.9. The summed E-state index contributed by atoms with van der Waals surface area (Å²) in [6.07, 6.45) is 0. The van der Waals surface area contributed by atoms with Crippen LogP contribution in [-0.4, -0.2) is 69.3 Å². The van der Waals surface area contributed by atoms with Gasteiger partial charge in [-0.3, -0.25) is 9.69 Å². The van der Waals surface area contributed by atoms with E-state index in [4.69, 9.17) is 9.47 Å². The van der Waals surface area contributed by atoms with Crippen LogP contribution in [-0.2, 0) is 4.74 Å². The molecular weight excluding hydrogens is 376 g/mol. The number of carbonyl (C=O) groups is 1. The number of amides is 1. The van der Waals surface area contributed by atoms with Crippen molar-refractivity contribution in [2.24, 2.45) is 0 Å². The van der Waals surface area contributed by atoms with E-state index in [9.17, 15) is 4.79 Å². The highest BCUT2D eigenvalue weighted by Crippen LogP contribution is 2.33. The number of rotatable bonds is 6. The van der Waals surface area contributed by atoms with Crippen molar-refractivity contribution in [1.29, 1.82) is 0 Å². The second-order valence-corrected chi connectivity index (χ2v) is 7.77. The van der Waals surface area contributed by atoms with Crippen molar-refractivity contribution in [1.82, 2.24) is 9.80 Å². The molecule has 0 radical (unpaired) electrons. The van der Waals surface area contributed by atoms with Crippen LogP contribution in [0.4, 0.5) is 0 Å². The molecule has 1 amide bonds. The molecule has 5 nitrogen and oxygen atoms in total. The van der Waals surface area contributed by atoms with E-state index in [-0.39, 0.29) is 5.91 Å². The van der Waals surface area contributed by atoms with Gasteiger partial charge < -0.3 is 14.4 Å². The van der Waals surface area contributed by atoms with Crippen LogP contribution in [0.15, 0.2) is 60.7 Å². The summed E-state index contributed by atoms with van der Waals surface area (Å²) in [5.74, 6) is 0.872. The molecule has 0 spiro atoms. The third-order valence-electron chi connectivity index (χ3n) is 5.46. The molecule has 1 fully saturated rings. The molecule has 0 N–H and O–H groups in total. The van der Waals surface area contributed by atoms with Gasteiger partial charge in [-0.05, 0) is 46.2 Å². The molecule has 156 valence electrons. The van der Waals surface area contributed by atoms with Gasteiger partial charge in [0.15, 0.2) is 0 Å². The fourth-order valence-electron chi connectivity index (χ4n) is 3.77. The molecule has 0 bridgehead atoms. The molecule has 1 aliphatic heterocycles. The Bertz CT molecular complexity index is 1010. The van der Waals surface area contributed by atoms with Gasteiger partial charge in [0.05, 0.1) is 13.2 Å². The van der Waals surface area contributed by atoms with Crippen LogP contribution in [0.5, 0.6) is 5.75 Å². The predicted molar refractivity (Wildman–Crippen MR) is 120 cm³/mol. The van der Waals surface area contributed by atoms with E-state index in [0.717, 1.165) is 55.1 Å². The maximum absolute atomic E-state index is 12.2. The molecule has 3 aromatic rings. The van der Waals surface area contributed by atoms with E-state index in [1.807, 2.05) is 30.3 Å². The van der Waals surface area contributed by atoms with E-state index < -0.39 is 0 Å². The largest absolute Gasteiger partial charge is 0.492 e. The Balaban J connectivity index is 1.58. The fraction of sp³-hybridized carbons (Fsp3) is 0.320. The number of benzene rings is 3. The first-order valence-electron chi connectivity index (χ1n) is 10.4. The van der Waals surface area contributed by atoms with E-state index in [0.29, 0.717) is 12.2 Å². The van der Waals surface area contributed by atoms with E-state index in [1.165, 1.54) is 5.39 Å². The van der Waals surface area contributed by atoms with Crippen LogP contribution in [0.25, 0.3) is 21.9 Å². The van der Waals surface area contributed by atoms with Gasteiger partial charge in [-0.25, -0.2) is 0 Å². The summed E-state index contributed by atoms with van der Waals surface area (Å²) in [4.78, 5) is 16.2. The molecule has 30 heavy (non-hydrogen) atoms. The Morgan fingerprint density at radius 1 is 1.03 bits per heavy atom. The quantitative estimate of drug-likeness (QED) is 0.625. The van der Waals surface area contributed by atoms with Gasteiger partial charge in [-0.2, -0.15) is 0 Å². The number of hydrogen-bond donors (Lipinski definition) is 0. The standard InChI is InChI=1S/C25H28N2O3/c1-26(2)25(28)20-9-7-19(8-10-20)24-18-22(17-21-5-3-4-6-23(21)24)30-16-13-27-11-14-29-15-12-27/h3-10,17-18H,11-16H2,1-2H3. The summed E-state index contributed by atoms with van der Waals surface area (Å²) in [5, 5.41) is 2.31. The first-order chi connectivity index (χ1) is 14.6. The Morgan fingerprint density at radius 3 is 2.50 bits per heavy atom. The molecule has 4 rings (SSSR count). The summed E-state index contributed by atoms with van der Waals surface area (Å²) in [6, 6.07) is 20.3. The first-order valence-corrected chi connectivity index (χ1v) is 10.4. The highest BCUT2D eigenvalue weighted by molar-refractivity contribution is 5.99. The van der Waals surface area contributed by atoms with Crippen molar-refractivity contribution < 1.29 is 14.3 Å².